The summed E-state index contributed by atoms with van der Waals surface area (Å²) >= 11 is 0. The zero-order chi connectivity index (χ0) is 16.0. The average Bonchev–Trinajstić information content (AvgIpc) is 2.95. The van der Waals surface area contributed by atoms with E-state index in [4.69, 9.17) is 0 Å². The van der Waals surface area contributed by atoms with Crippen LogP contribution in [0.3, 0.4) is 0 Å². The molecule has 114 valence electrons. The molecular weight excluding hydrogens is 284 g/mol. The standard InChI is InChI=1S/C21H18O2/c1-21(20(22)23)17-13-12-16(19(17)21)18(14-8-4-2-5-9-14)15-10-6-3-7-11-15/h2-13,17,19H,1H3,(H,22,23)/t17-,19+,21+/m1/s1. The van der Waals surface area contributed by atoms with Gasteiger partial charge in [0.25, 0.3) is 0 Å². The molecule has 1 N–H and O–H groups in total. The van der Waals surface area contributed by atoms with Crippen LogP contribution in [0.2, 0.25) is 0 Å². The molecule has 1 saturated carbocycles. The van der Waals surface area contributed by atoms with Gasteiger partial charge in [-0.3, -0.25) is 4.79 Å². The van der Waals surface area contributed by atoms with Crippen molar-refractivity contribution in [2.75, 3.05) is 0 Å². The lowest BCUT2D eigenvalue weighted by Crippen LogP contribution is -2.16. The van der Waals surface area contributed by atoms with Gasteiger partial charge in [0.2, 0.25) is 0 Å². The highest BCUT2D eigenvalue weighted by atomic mass is 16.4. The number of aliphatic carboxylic acids is 1. The lowest BCUT2D eigenvalue weighted by Gasteiger charge is -2.15. The Kier molecular flexibility index (Phi) is 3.02. The lowest BCUT2D eigenvalue weighted by molar-refractivity contribution is -0.143. The van der Waals surface area contributed by atoms with Crippen LogP contribution in [0, 0.1) is 17.3 Å². The molecule has 0 saturated heterocycles. The van der Waals surface area contributed by atoms with E-state index in [2.05, 4.69) is 36.4 Å². The van der Waals surface area contributed by atoms with Crippen molar-refractivity contribution < 1.29 is 9.90 Å². The molecule has 0 spiro atoms. The number of allylic oxidation sites excluding steroid dienone is 3. The molecule has 2 nitrogen and oxygen atoms in total. The summed E-state index contributed by atoms with van der Waals surface area (Å²) in [4.78, 5) is 11.7. The first kappa shape index (κ1) is 14.0. The van der Waals surface area contributed by atoms with E-state index in [0.717, 1.165) is 22.3 Å². The summed E-state index contributed by atoms with van der Waals surface area (Å²) in [6, 6.07) is 20.5. The minimum Gasteiger partial charge on any atom is -0.481 e. The van der Waals surface area contributed by atoms with Crippen molar-refractivity contribution in [1.29, 1.82) is 0 Å². The lowest BCUT2D eigenvalue weighted by atomic mass is 9.88. The minimum absolute atomic E-state index is 0.0791. The normalized spacial score (nSPS) is 27.6. The van der Waals surface area contributed by atoms with Gasteiger partial charge in [-0.25, -0.2) is 0 Å². The molecule has 2 aromatic rings. The first-order valence-corrected chi connectivity index (χ1v) is 7.90. The van der Waals surface area contributed by atoms with E-state index in [-0.39, 0.29) is 11.8 Å². The maximum absolute atomic E-state index is 11.7. The molecule has 2 aliphatic carbocycles. The molecule has 2 heteroatoms. The molecule has 0 amide bonds. The van der Waals surface area contributed by atoms with Gasteiger partial charge in [0.05, 0.1) is 5.41 Å². The van der Waals surface area contributed by atoms with Crippen LogP contribution in [0.1, 0.15) is 18.1 Å². The maximum atomic E-state index is 11.7. The van der Waals surface area contributed by atoms with Crippen LogP contribution >= 0.6 is 0 Å². The number of hydrogen-bond acceptors (Lipinski definition) is 1. The SMILES string of the molecule is C[C@]1(C(=O)O)[C@@H]2C=CC(=C(c3ccccc3)c3ccccc3)[C@@H]21. The van der Waals surface area contributed by atoms with Gasteiger partial charge in [-0.2, -0.15) is 0 Å². The predicted octanol–water partition coefficient (Wildman–Crippen LogP) is 4.40. The van der Waals surface area contributed by atoms with Crippen LogP contribution in [0.25, 0.3) is 5.57 Å². The predicted molar refractivity (Wildman–Crippen MR) is 90.8 cm³/mol. The zero-order valence-corrected chi connectivity index (χ0v) is 12.9. The van der Waals surface area contributed by atoms with Gasteiger partial charge in [-0.05, 0) is 29.2 Å². The molecule has 2 aliphatic rings. The van der Waals surface area contributed by atoms with Gasteiger partial charge < -0.3 is 5.11 Å². The Labute approximate surface area is 135 Å². The third-order valence-electron chi connectivity index (χ3n) is 5.28. The van der Waals surface area contributed by atoms with Crippen LogP contribution < -0.4 is 0 Å². The number of rotatable bonds is 3. The first-order chi connectivity index (χ1) is 11.1. The van der Waals surface area contributed by atoms with Gasteiger partial charge in [0, 0.05) is 11.8 Å². The summed E-state index contributed by atoms with van der Waals surface area (Å²) in [6.45, 7) is 1.86. The Morgan fingerprint density at radius 2 is 1.48 bits per heavy atom. The molecule has 0 aliphatic heterocycles. The molecule has 0 heterocycles. The molecule has 4 rings (SSSR count). The summed E-state index contributed by atoms with van der Waals surface area (Å²) in [5.74, 6) is -0.498. The van der Waals surface area contributed by atoms with E-state index in [1.807, 2.05) is 43.3 Å². The smallest absolute Gasteiger partial charge is 0.310 e. The van der Waals surface area contributed by atoms with Crippen LogP contribution in [-0.4, -0.2) is 11.1 Å². The van der Waals surface area contributed by atoms with E-state index in [0.29, 0.717) is 0 Å². The second-order valence-corrected chi connectivity index (χ2v) is 6.51. The van der Waals surface area contributed by atoms with Crippen molar-refractivity contribution in [1.82, 2.24) is 0 Å². The fraction of sp³-hybridized carbons (Fsp3) is 0.190. The molecule has 0 bridgehead atoms. The van der Waals surface area contributed by atoms with E-state index in [1.54, 1.807) is 0 Å². The number of carboxylic acids is 1. The summed E-state index contributed by atoms with van der Waals surface area (Å²) in [5.41, 5.74) is 3.92. The number of hydrogen-bond donors (Lipinski definition) is 1. The highest BCUT2D eigenvalue weighted by Crippen LogP contribution is 2.67. The minimum atomic E-state index is -0.699. The molecule has 23 heavy (non-hydrogen) atoms. The zero-order valence-electron chi connectivity index (χ0n) is 12.9. The Morgan fingerprint density at radius 1 is 0.957 bits per heavy atom. The Balaban J connectivity index is 1.91. The van der Waals surface area contributed by atoms with Gasteiger partial charge in [0.1, 0.15) is 0 Å². The molecule has 0 unspecified atom stereocenters. The molecule has 0 aromatic heterocycles. The summed E-state index contributed by atoms with van der Waals surface area (Å²) in [6.07, 6.45) is 4.19. The summed E-state index contributed by atoms with van der Waals surface area (Å²) in [7, 11) is 0. The second kappa shape index (κ2) is 4.95. The Bertz CT molecular complexity index is 776. The number of benzene rings is 2. The quantitative estimate of drug-likeness (QED) is 0.912. The van der Waals surface area contributed by atoms with Crippen molar-refractivity contribution in [3.8, 4) is 0 Å². The number of carboxylic acid groups (broad SMARTS) is 1. The number of fused-ring (bicyclic) bond motifs is 1. The maximum Gasteiger partial charge on any atom is 0.310 e. The van der Waals surface area contributed by atoms with E-state index in [9.17, 15) is 9.90 Å². The van der Waals surface area contributed by atoms with Gasteiger partial charge in [-0.15, -0.1) is 0 Å². The molecule has 3 atom stereocenters. The second-order valence-electron chi connectivity index (χ2n) is 6.51. The van der Waals surface area contributed by atoms with Crippen molar-refractivity contribution in [3.63, 3.8) is 0 Å². The molecule has 1 fully saturated rings. The summed E-state index contributed by atoms with van der Waals surface area (Å²) < 4.78 is 0. The van der Waals surface area contributed by atoms with Crippen molar-refractivity contribution in [3.05, 3.63) is 89.5 Å². The largest absolute Gasteiger partial charge is 0.481 e. The highest BCUT2D eigenvalue weighted by molar-refractivity contribution is 5.89. The monoisotopic (exact) mass is 302 g/mol. The van der Waals surface area contributed by atoms with Crippen LogP contribution in [0.4, 0.5) is 0 Å². The van der Waals surface area contributed by atoms with E-state index >= 15 is 0 Å². The van der Waals surface area contributed by atoms with Crippen molar-refractivity contribution in [2.24, 2.45) is 17.3 Å². The van der Waals surface area contributed by atoms with Crippen LogP contribution in [0.5, 0.6) is 0 Å². The highest BCUT2D eigenvalue weighted by Gasteiger charge is 2.68. The van der Waals surface area contributed by atoms with Crippen molar-refractivity contribution in [2.45, 2.75) is 6.92 Å². The Hall–Kier alpha value is -2.61. The molecule has 2 aromatic carbocycles. The molecular formula is C21H18O2. The third-order valence-corrected chi connectivity index (χ3v) is 5.28. The van der Waals surface area contributed by atoms with Crippen LogP contribution in [0.15, 0.2) is 78.4 Å². The Morgan fingerprint density at radius 3 is 1.91 bits per heavy atom. The van der Waals surface area contributed by atoms with Gasteiger partial charge in [0.15, 0.2) is 0 Å². The third kappa shape index (κ3) is 1.98. The number of carbonyl (C=O) groups is 1. The summed E-state index contributed by atoms with van der Waals surface area (Å²) in [5, 5.41) is 9.60. The van der Waals surface area contributed by atoms with Gasteiger partial charge >= 0.3 is 5.97 Å². The van der Waals surface area contributed by atoms with Gasteiger partial charge in [-0.1, -0.05) is 72.8 Å². The fourth-order valence-electron chi connectivity index (χ4n) is 3.91. The van der Waals surface area contributed by atoms with Crippen LogP contribution in [-0.2, 0) is 4.79 Å². The first-order valence-electron chi connectivity index (χ1n) is 7.90. The van der Waals surface area contributed by atoms with E-state index in [1.165, 1.54) is 0 Å². The van der Waals surface area contributed by atoms with Crippen molar-refractivity contribution >= 4 is 11.5 Å². The molecule has 0 radical (unpaired) electrons. The van der Waals surface area contributed by atoms with E-state index < -0.39 is 11.4 Å². The fourth-order valence-corrected chi connectivity index (χ4v) is 3.91. The topological polar surface area (TPSA) is 37.3 Å². The average molecular weight is 302 g/mol.